The molecule has 0 aliphatic carbocycles. The van der Waals surface area contributed by atoms with Gasteiger partial charge in [0.1, 0.15) is 0 Å². The Bertz CT molecular complexity index is 546. The summed E-state index contributed by atoms with van der Waals surface area (Å²) in [6.45, 7) is 6.11. The Hall–Kier alpha value is -1.51. The van der Waals surface area contributed by atoms with E-state index in [0.717, 1.165) is 18.1 Å². The quantitative estimate of drug-likeness (QED) is 0.846. The Morgan fingerprint density at radius 2 is 1.52 bits per heavy atom. The second-order valence-corrected chi connectivity index (χ2v) is 6.12. The summed E-state index contributed by atoms with van der Waals surface area (Å²) in [4.78, 5) is 2.24. The van der Waals surface area contributed by atoms with E-state index in [1.165, 1.54) is 16.8 Å². The van der Waals surface area contributed by atoms with Gasteiger partial charge < -0.3 is 10.2 Å². The van der Waals surface area contributed by atoms with Gasteiger partial charge in [-0.3, -0.25) is 0 Å². The molecular formula is C18H23ClN2. The number of nitrogens with one attached hydrogen (secondary N) is 1. The van der Waals surface area contributed by atoms with Crippen molar-refractivity contribution in [1.82, 2.24) is 5.32 Å². The first-order valence-corrected chi connectivity index (χ1v) is 7.70. The van der Waals surface area contributed by atoms with Crippen LogP contribution in [0.5, 0.6) is 0 Å². The maximum Gasteiger partial charge on any atom is 0.0426 e. The van der Waals surface area contributed by atoms with E-state index in [2.05, 4.69) is 67.5 Å². The lowest BCUT2D eigenvalue weighted by atomic mass is 10.1. The number of nitrogens with zero attached hydrogens (tertiary/aromatic N) is 1. The molecule has 0 saturated carbocycles. The van der Waals surface area contributed by atoms with Gasteiger partial charge in [-0.15, -0.1) is 0 Å². The molecule has 2 aromatic rings. The van der Waals surface area contributed by atoms with Gasteiger partial charge in [0.2, 0.25) is 0 Å². The summed E-state index contributed by atoms with van der Waals surface area (Å²) in [5.74, 6) is 0. The second-order valence-electron chi connectivity index (χ2n) is 5.68. The van der Waals surface area contributed by atoms with Gasteiger partial charge >= 0.3 is 0 Å². The molecule has 0 radical (unpaired) electrons. The zero-order chi connectivity index (χ0) is 15.2. The summed E-state index contributed by atoms with van der Waals surface area (Å²) in [6, 6.07) is 17.2. The van der Waals surface area contributed by atoms with Gasteiger partial charge in [-0.1, -0.05) is 49.7 Å². The van der Waals surface area contributed by atoms with Crippen molar-refractivity contribution >= 4 is 17.3 Å². The molecule has 3 heteroatoms. The molecule has 0 aliphatic heterocycles. The number of anilines is 1. The molecule has 112 valence electrons. The van der Waals surface area contributed by atoms with E-state index in [4.69, 9.17) is 11.6 Å². The smallest absolute Gasteiger partial charge is 0.0426 e. The first-order valence-electron chi connectivity index (χ1n) is 7.32. The number of halogens is 1. The topological polar surface area (TPSA) is 15.3 Å². The molecule has 0 atom stereocenters. The van der Waals surface area contributed by atoms with E-state index in [1.54, 1.807) is 0 Å². The van der Waals surface area contributed by atoms with Gasteiger partial charge in [0.25, 0.3) is 0 Å². The Labute approximate surface area is 132 Å². The molecule has 0 aromatic heterocycles. The highest BCUT2D eigenvalue weighted by molar-refractivity contribution is 6.30. The van der Waals surface area contributed by atoms with E-state index >= 15 is 0 Å². The summed E-state index contributed by atoms with van der Waals surface area (Å²) in [6.07, 6.45) is 0. The maximum absolute atomic E-state index is 5.91. The third kappa shape index (κ3) is 5.07. The minimum atomic E-state index is 0.511. The number of hydrogen-bond donors (Lipinski definition) is 1. The van der Waals surface area contributed by atoms with Gasteiger partial charge in [-0.2, -0.15) is 0 Å². The SMILES string of the molecule is CC(C)NCc1ccc(N(C)Cc2ccc(Cl)cc2)cc1. The Kier molecular flexibility index (Phi) is 5.66. The molecule has 0 unspecified atom stereocenters. The fourth-order valence-electron chi connectivity index (χ4n) is 2.15. The summed E-state index contributed by atoms with van der Waals surface area (Å²) in [7, 11) is 2.11. The Morgan fingerprint density at radius 1 is 0.952 bits per heavy atom. The third-order valence-electron chi connectivity index (χ3n) is 3.42. The van der Waals surface area contributed by atoms with Crippen LogP contribution < -0.4 is 10.2 Å². The van der Waals surface area contributed by atoms with Crippen molar-refractivity contribution in [3.63, 3.8) is 0 Å². The lowest BCUT2D eigenvalue weighted by Gasteiger charge is -2.20. The van der Waals surface area contributed by atoms with Crippen LogP contribution in [0.25, 0.3) is 0 Å². The normalized spacial score (nSPS) is 10.9. The van der Waals surface area contributed by atoms with Gasteiger partial charge in [0, 0.05) is 36.9 Å². The summed E-state index contributed by atoms with van der Waals surface area (Å²) >= 11 is 5.91. The van der Waals surface area contributed by atoms with E-state index in [0.29, 0.717) is 6.04 Å². The standard InChI is InChI=1S/C18H23ClN2/c1-14(2)20-12-15-6-10-18(11-7-15)21(3)13-16-4-8-17(19)9-5-16/h4-11,14,20H,12-13H2,1-3H3. The molecular weight excluding hydrogens is 280 g/mol. The molecule has 0 bridgehead atoms. The van der Waals surface area contributed by atoms with Crippen LogP contribution in [0.15, 0.2) is 48.5 Å². The van der Waals surface area contributed by atoms with Gasteiger partial charge in [0.15, 0.2) is 0 Å². The predicted octanol–water partition coefficient (Wildman–Crippen LogP) is 4.47. The van der Waals surface area contributed by atoms with Gasteiger partial charge in [0.05, 0.1) is 0 Å². The van der Waals surface area contributed by atoms with Crippen molar-refractivity contribution in [1.29, 1.82) is 0 Å². The van der Waals surface area contributed by atoms with Crippen LogP contribution in [0.4, 0.5) is 5.69 Å². The van der Waals surface area contributed by atoms with Crippen molar-refractivity contribution in [2.45, 2.75) is 33.0 Å². The van der Waals surface area contributed by atoms with Crippen molar-refractivity contribution < 1.29 is 0 Å². The van der Waals surface area contributed by atoms with Crippen LogP contribution in [0.2, 0.25) is 5.02 Å². The average molecular weight is 303 g/mol. The van der Waals surface area contributed by atoms with Crippen molar-refractivity contribution in [3.05, 3.63) is 64.7 Å². The second kappa shape index (κ2) is 7.48. The fourth-order valence-corrected chi connectivity index (χ4v) is 2.27. The molecule has 2 nitrogen and oxygen atoms in total. The largest absolute Gasteiger partial charge is 0.370 e. The summed E-state index contributed by atoms with van der Waals surface area (Å²) in [5.41, 5.74) is 3.79. The Balaban J connectivity index is 1.96. The van der Waals surface area contributed by atoms with Crippen LogP contribution in [0.1, 0.15) is 25.0 Å². The molecule has 2 rings (SSSR count). The molecule has 2 aromatic carbocycles. The highest BCUT2D eigenvalue weighted by Gasteiger charge is 2.03. The van der Waals surface area contributed by atoms with E-state index in [1.807, 2.05) is 12.1 Å². The Morgan fingerprint density at radius 3 is 2.10 bits per heavy atom. The minimum Gasteiger partial charge on any atom is -0.370 e. The predicted molar refractivity (Wildman–Crippen MR) is 92.0 cm³/mol. The van der Waals surface area contributed by atoms with E-state index in [-0.39, 0.29) is 0 Å². The van der Waals surface area contributed by atoms with E-state index < -0.39 is 0 Å². The fraction of sp³-hybridized carbons (Fsp3) is 0.333. The first-order chi connectivity index (χ1) is 10.0. The highest BCUT2D eigenvalue weighted by atomic mass is 35.5. The van der Waals surface area contributed by atoms with Crippen LogP contribution in [0, 0.1) is 0 Å². The third-order valence-corrected chi connectivity index (χ3v) is 3.68. The molecule has 0 aliphatic rings. The average Bonchev–Trinajstić information content (AvgIpc) is 2.48. The number of rotatable bonds is 6. The molecule has 0 amide bonds. The first kappa shape index (κ1) is 15.9. The van der Waals surface area contributed by atoms with Crippen molar-refractivity contribution in [2.24, 2.45) is 0 Å². The zero-order valence-corrected chi connectivity index (χ0v) is 13.7. The number of hydrogen-bond acceptors (Lipinski definition) is 2. The molecule has 0 saturated heterocycles. The molecule has 0 fully saturated rings. The van der Waals surface area contributed by atoms with Gasteiger partial charge in [-0.05, 0) is 35.4 Å². The van der Waals surface area contributed by atoms with Crippen molar-refractivity contribution in [2.75, 3.05) is 11.9 Å². The zero-order valence-electron chi connectivity index (χ0n) is 12.9. The van der Waals surface area contributed by atoms with Gasteiger partial charge in [-0.25, -0.2) is 0 Å². The lowest BCUT2D eigenvalue weighted by molar-refractivity contribution is 0.589. The molecule has 0 heterocycles. The minimum absolute atomic E-state index is 0.511. The highest BCUT2D eigenvalue weighted by Crippen LogP contribution is 2.17. The molecule has 21 heavy (non-hydrogen) atoms. The van der Waals surface area contributed by atoms with Crippen LogP contribution in [-0.4, -0.2) is 13.1 Å². The summed E-state index contributed by atoms with van der Waals surface area (Å²) < 4.78 is 0. The van der Waals surface area contributed by atoms with E-state index in [9.17, 15) is 0 Å². The van der Waals surface area contributed by atoms with Crippen molar-refractivity contribution in [3.8, 4) is 0 Å². The van der Waals surface area contributed by atoms with Crippen LogP contribution in [0.3, 0.4) is 0 Å². The molecule has 0 spiro atoms. The van der Waals surface area contributed by atoms with Crippen LogP contribution >= 0.6 is 11.6 Å². The molecule has 1 N–H and O–H groups in total. The number of benzene rings is 2. The lowest BCUT2D eigenvalue weighted by Crippen LogP contribution is -2.22. The van der Waals surface area contributed by atoms with Crippen LogP contribution in [-0.2, 0) is 13.1 Å². The maximum atomic E-state index is 5.91. The summed E-state index contributed by atoms with van der Waals surface area (Å²) in [5, 5.41) is 4.21. The monoisotopic (exact) mass is 302 g/mol.